The Hall–Kier alpha value is -1.79. The number of nitrogens with two attached hydrogens (primary N) is 1. The summed E-state index contributed by atoms with van der Waals surface area (Å²) >= 11 is 0. The van der Waals surface area contributed by atoms with Crippen molar-refractivity contribution in [2.24, 2.45) is 0 Å². The van der Waals surface area contributed by atoms with Crippen LogP contribution in [0.25, 0.3) is 0 Å². The highest BCUT2D eigenvalue weighted by Gasteiger charge is 2.17. The first-order valence-electron chi connectivity index (χ1n) is 5.73. The van der Waals surface area contributed by atoms with Crippen LogP contribution in [0.15, 0.2) is 18.2 Å². The molecule has 0 bridgehead atoms. The number of nitrogens with one attached hydrogen (secondary N) is 1. The number of para-hydroxylation sites is 1. The second kappa shape index (κ2) is 5.70. The van der Waals surface area contributed by atoms with Crippen molar-refractivity contribution in [3.8, 4) is 0 Å². The first-order chi connectivity index (χ1) is 8.68. The van der Waals surface area contributed by atoms with Gasteiger partial charge in [0.1, 0.15) is 0 Å². The predicted molar refractivity (Wildman–Crippen MR) is 66.9 cm³/mol. The molecule has 0 spiro atoms. The average molecular weight is 252 g/mol. The summed E-state index contributed by atoms with van der Waals surface area (Å²) in [6.45, 7) is 2.13. The van der Waals surface area contributed by atoms with E-state index in [1.165, 1.54) is 6.07 Å². The van der Waals surface area contributed by atoms with E-state index in [-0.39, 0.29) is 11.7 Å². The molecule has 0 aromatic heterocycles. The maximum Gasteiger partial charge on any atom is 0.337 e. The topological polar surface area (TPSA) is 93.8 Å². The first-order valence-corrected chi connectivity index (χ1v) is 5.73. The van der Waals surface area contributed by atoms with Gasteiger partial charge in [0.2, 0.25) is 0 Å². The van der Waals surface area contributed by atoms with Gasteiger partial charge in [-0.15, -0.1) is 0 Å². The van der Waals surface area contributed by atoms with Crippen LogP contribution in [0, 0.1) is 0 Å². The van der Waals surface area contributed by atoms with E-state index in [2.05, 4.69) is 5.32 Å². The number of rotatable bonds is 4. The number of carboxylic acid groups (broad SMARTS) is 1. The number of benzene rings is 1. The van der Waals surface area contributed by atoms with Crippen LogP contribution < -0.4 is 11.1 Å². The van der Waals surface area contributed by atoms with Gasteiger partial charge in [0.15, 0.2) is 0 Å². The van der Waals surface area contributed by atoms with Gasteiger partial charge < -0.3 is 25.6 Å². The van der Waals surface area contributed by atoms with E-state index >= 15 is 0 Å². The lowest BCUT2D eigenvalue weighted by molar-refractivity contribution is -0.0818. The predicted octanol–water partition coefficient (Wildman–Crippen LogP) is 0.794. The number of carboxylic acids is 1. The zero-order valence-electron chi connectivity index (χ0n) is 9.89. The fraction of sp³-hybridized carbons (Fsp3) is 0.417. The lowest BCUT2D eigenvalue weighted by Crippen LogP contribution is -2.34. The van der Waals surface area contributed by atoms with Crippen molar-refractivity contribution in [1.29, 1.82) is 0 Å². The fourth-order valence-corrected chi connectivity index (χ4v) is 1.82. The Kier molecular flexibility index (Phi) is 4.01. The second-order valence-corrected chi connectivity index (χ2v) is 4.02. The van der Waals surface area contributed by atoms with Crippen molar-refractivity contribution in [2.45, 2.75) is 6.10 Å². The summed E-state index contributed by atoms with van der Waals surface area (Å²) in [5.74, 6) is -1.01. The monoisotopic (exact) mass is 252 g/mol. The third-order valence-corrected chi connectivity index (χ3v) is 2.72. The molecule has 1 aromatic carbocycles. The molecule has 1 aromatic rings. The van der Waals surface area contributed by atoms with Crippen molar-refractivity contribution in [3.05, 3.63) is 23.8 Å². The van der Waals surface area contributed by atoms with Gasteiger partial charge in [-0.1, -0.05) is 6.07 Å². The first kappa shape index (κ1) is 12.7. The lowest BCUT2D eigenvalue weighted by atomic mass is 10.1. The number of anilines is 2. The standard InChI is InChI=1S/C12H16N2O4/c13-10-3-1-2-9(12(15)16)11(10)14-6-8-7-17-4-5-18-8/h1-3,8,14H,4-7,13H2,(H,15,16). The molecule has 1 aliphatic rings. The summed E-state index contributed by atoms with van der Waals surface area (Å²) in [6.07, 6.45) is -0.0833. The number of ether oxygens (including phenoxy) is 2. The third-order valence-electron chi connectivity index (χ3n) is 2.72. The van der Waals surface area contributed by atoms with Crippen LogP contribution in [0.3, 0.4) is 0 Å². The van der Waals surface area contributed by atoms with Crippen molar-refractivity contribution < 1.29 is 19.4 Å². The highest BCUT2D eigenvalue weighted by atomic mass is 16.6. The number of aromatic carboxylic acids is 1. The molecular weight excluding hydrogens is 236 g/mol. The van der Waals surface area contributed by atoms with Gasteiger partial charge in [0, 0.05) is 6.54 Å². The van der Waals surface area contributed by atoms with Crippen LogP contribution in [0.4, 0.5) is 11.4 Å². The van der Waals surface area contributed by atoms with E-state index in [0.717, 1.165) is 0 Å². The largest absolute Gasteiger partial charge is 0.478 e. The molecule has 0 saturated carbocycles. The maximum absolute atomic E-state index is 11.1. The Morgan fingerprint density at radius 3 is 3.00 bits per heavy atom. The maximum atomic E-state index is 11.1. The molecule has 6 nitrogen and oxygen atoms in total. The minimum atomic E-state index is -1.01. The summed E-state index contributed by atoms with van der Waals surface area (Å²) in [5, 5.41) is 12.1. The molecule has 2 rings (SSSR count). The highest BCUT2D eigenvalue weighted by molar-refractivity contribution is 5.97. The summed E-state index contributed by atoms with van der Waals surface area (Å²) < 4.78 is 10.7. The number of hydrogen-bond acceptors (Lipinski definition) is 5. The zero-order chi connectivity index (χ0) is 13.0. The van der Waals surface area contributed by atoms with E-state index in [0.29, 0.717) is 37.7 Å². The van der Waals surface area contributed by atoms with Crippen molar-refractivity contribution in [1.82, 2.24) is 0 Å². The summed E-state index contributed by atoms with van der Waals surface area (Å²) in [5.41, 5.74) is 6.77. The van der Waals surface area contributed by atoms with Crippen molar-refractivity contribution >= 4 is 17.3 Å². The minimum Gasteiger partial charge on any atom is -0.478 e. The van der Waals surface area contributed by atoms with Gasteiger partial charge >= 0.3 is 5.97 Å². The van der Waals surface area contributed by atoms with Crippen LogP contribution in [0.1, 0.15) is 10.4 Å². The van der Waals surface area contributed by atoms with Crippen LogP contribution in [0.2, 0.25) is 0 Å². The Morgan fingerprint density at radius 2 is 2.33 bits per heavy atom. The number of hydrogen-bond donors (Lipinski definition) is 3. The normalized spacial score (nSPS) is 19.4. The molecule has 0 radical (unpaired) electrons. The summed E-state index contributed by atoms with van der Waals surface area (Å²) in [7, 11) is 0. The molecular formula is C12H16N2O4. The number of carbonyl (C=O) groups is 1. The van der Waals surface area contributed by atoms with Crippen LogP contribution in [0.5, 0.6) is 0 Å². The van der Waals surface area contributed by atoms with Gasteiger partial charge in [0.25, 0.3) is 0 Å². The minimum absolute atomic E-state index is 0.0833. The van der Waals surface area contributed by atoms with Crippen molar-refractivity contribution in [2.75, 3.05) is 37.4 Å². The van der Waals surface area contributed by atoms with Gasteiger partial charge in [-0.2, -0.15) is 0 Å². The molecule has 18 heavy (non-hydrogen) atoms. The lowest BCUT2D eigenvalue weighted by Gasteiger charge is -2.24. The zero-order valence-corrected chi connectivity index (χ0v) is 9.89. The molecule has 4 N–H and O–H groups in total. The molecule has 6 heteroatoms. The molecule has 1 unspecified atom stereocenters. The second-order valence-electron chi connectivity index (χ2n) is 4.02. The molecule has 98 valence electrons. The molecule has 1 heterocycles. The van der Waals surface area contributed by atoms with Crippen molar-refractivity contribution in [3.63, 3.8) is 0 Å². The van der Waals surface area contributed by atoms with E-state index in [4.69, 9.17) is 20.3 Å². The van der Waals surface area contributed by atoms with E-state index in [1.807, 2.05) is 0 Å². The molecule has 0 amide bonds. The van der Waals surface area contributed by atoms with Crippen LogP contribution in [-0.2, 0) is 9.47 Å². The Bertz CT molecular complexity index is 430. The molecule has 1 atom stereocenters. The average Bonchev–Trinajstić information content (AvgIpc) is 2.38. The molecule has 1 fully saturated rings. The highest BCUT2D eigenvalue weighted by Crippen LogP contribution is 2.23. The van der Waals surface area contributed by atoms with Gasteiger partial charge in [0.05, 0.1) is 42.9 Å². The quantitative estimate of drug-likeness (QED) is 0.686. The SMILES string of the molecule is Nc1cccc(C(=O)O)c1NCC1COCCO1. The van der Waals surface area contributed by atoms with E-state index < -0.39 is 5.97 Å². The molecule has 1 saturated heterocycles. The Labute approximate surface area is 105 Å². The van der Waals surface area contributed by atoms with Crippen LogP contribution in [-0.4, -0.2) is 43.5 Å². The number of nitrogen functional groups attached to an aromatic ring is 1. The Balaban J connectivity index is 2.05. The van der Waals surface area contributed by atoms with Gasteiger partial charge in [-0.05, 0) is 12.1 Å². The molecule has 1 aliphatic heterocycles. The van der Waals surface area contributed by atoms with E-state index in [1.54, 1.807) is 12.1 Å². The van der Waals surface area contributed by atoms with Gasteiger partial charge in [-0.25, -0.2) is 4.79 Å². The fourth-order valence-electron chi connectivity index (χ4n) is 1.82. The van der Waals surface area contributed by atoms with Crippen LogP contribution >= 0.6 is 0 Å². The molecule has 0 aliphatic carbocycles. The van der Waals surface area contributed by atoms with Gasteiger partial charge in [-0.3, -0.25) is 0 Å². The Morgan fingerprint density at radius 1 is 1.50 bits per heavy atom. The summed E-state index contributed by atoms with van der Waals surface area (Å²) in [6, 6.07) is 4.79. The summed E-state index contributed by atoms with van der Waals surface area (Å²) in [4.78, 5) is 11.1. The third kappa shape index (κ3) is 2.91. The smallest absolute Gasteiger partial charge is 0.337 e. The van der Waals surface area contributed by atoms with E-state index in [9.17, 15) is 4.79 Å².